The first-order chi connectivity index (χ1) is 12.0. The number of hydrogen-bond donors (Lipinski definition) is 0. The second-order valence-electron chi connectivity index (χ2n) is 5.26. The van der Waals surface area contributed by atoms with Crippen LogP contribution < -0.4 is 4.74 Å². The number of rotatable bonds is 3. The van der Waals surface area contributed by atoms with Crippen molar-refractivity contribution in [3.05, 3.63) is 61.2 Å². The average molecular weight is 345 g/mol. The van der Waals surface area contributed by atoms with Gasteiger partial charge >= 0.3 is 6.36 Å². The molecule has 2 heterocycles. The minimum Gasteiger partial charge on any atom is -0.406 e. The number of hydrogen-bond acceptors (Lipinski definition) is 4. The van der Waals surface area contributed by atoms with Crippen molar-refractivity contribution in [2.24, 2.45) is 0 Å². The van der Waals surface area contributed by atoms with Crippen LogP contribution in [0.2, 0.25) is 0 Å². The first-order valence-electron chi connectivity index (χ1n) is 7.23. The number of benzene rings is 2. The van der Waals surface area contributed by atoms with Crippen LogP contribution in [0, 0.1) is 0 Å². The average Bonchev–Trinajstić information content (AvgIpc) is 3.22. The van der Waals surface area contributed by atoms with Crippen molar-refractivity contribution < 1.29 is 22.4 Å². The lowest BCUT2D eigenvalue weighted by Gasteiger charge is -2.09. The van der Waals surface area contributed by atoms with Crippen LogP contribution in [0.5, 0.6) is 5.75 Å². The lowest BCUT2D eigenvalue weighted by atomic mass is 10.0. The lowest BCUT2D eigenvalue weighted by Crippen LogP contribution is -2.16. The van der Waals surface area contributed by atoms with Crippen LogP contribution in [-0.4, -0.2) is 21.1 Å². The summed E-state index contributed by atoms with van der Waals surface area (Å²) in [6, 6.07) is 11.1. The Morgan fingerprint density at radius 3 is 2.44 bits per heavy atom. The van der Waals surface area contributed by atoms with Crippen LogP contribution in [0.4, 0.5) is 13.2 Å². The van der Waals surface area contributed by atoms with E-state index in [1.165, 1.54) is 12.1 Å². The maximum atomic E-state index is 12.2. The monoisotopic (exact) mass is 345 g/mol. The maximum absolute atomic E-state index is 12.2. The number of imidazole rings is 1. The van der Waals surface area contributed by atoms with Crippen molar-refractivity contribution >= 4 is 11.0 Å². The van der Waals surface area contributed by atoms with Crippen LogP contribution in [0.25, 0.3) is 27.9 Å². The van der Waals surface area contributed by atoms with Gasteiger partial charge in [0.15, 0.2) is 11.4 Å². The zero-order chi connectivity index (χ0) is 17.4. The van der Waals surface area contributed by atoms with Crippen molar-refractivity contribution in [2.45, 2.75) is 6.36 Å². The highest BCUT2D eigenvalue weighted by Crippen LogP contribution is 2.30. The zero-order valence-electron chi connectivity index (χ0n) is 12.6. The third kappa shape index (κ3) is 3.06. The zero-order valence-corrected chi connectivity index (χ0v) is 12.6. The summed E-state index contributed by atoms with van der Waals surface area (Å²) in [5.74, 6) is 0.327. The van der Waals surface area contributed by atoms with Gasteiger partial charge in [-0.05, 0) is 35.4 Å². The molecular weight excluding hydrogens is 335 g/mol. The summed E-state index contributed by atoms with van der Waals surface area (Å²) in [5.41, 5.74) is 2.16. The molecule has 0 radical (unpaired) electrons. The van der Waals surface area contributed by atoms with Gasteiger partial charge in [-0.1, -0.05) is 23.4 Å². The van der Waals surface area contributed by atoms with Crippen molar-refractivity contribution in [3.63, 3.8) is 0 Å². The quantitative estimate of drug-likeness (QED) is 0.545. The molecule has 0 saturated heterocycles. The molecule has 0 amide bonds. The van der Waals surface area contributed by atoms with E-state index in [1.54, 1.807) is 41.5 Å². The van der Waals surface area contributed by atoms with E-state index in [0.717, 1.165) is 16.5 Å². The Hall–Kier alpha value is -3.29. The van der Waals surface area contributed by atoms with E-state index in [4.69, 9.17) is 4.52 Å². The standard InChI is InChI=1S/C17H10F3N3O2/c18-17(19,20)24-13-4-1-11(2-5-13)12-3-6-15-14(9-12)16(22-25-15)23-8-7-21-10-23/h1-10H. The third-order valence-electron chi connectivity index (χ3n) is 3.62. The summed E-state index contributed by atoms with van der Waals surface area (Å²) in [6.45, 7) is 0. The number of alkyl halides is 3. The summed E-state index contributed by atoms with van der Waals surface area (Å²) >= 11 is 0. The normalized spacial score (nSPS) is 11.8. The molecule has 0 atom stereocenters. The minimum atomic E-state index is -4.71. The largest absolute Gasteiger partial charge is 0.573 e. The van der Waals surface area contributed by atoms with E-state index < -0.39 is 6.36 Å². The summed E-state index contributed by atoms with van der Waals surface area (Å²) in [6.07, 6.45) is 0.271. The van der Waals surface area contributed by atoms with Crippen LogP contribution in [0.1, 0.15) is 0 Å². The fourth-order valence-corrected chi connectivity index (χ4v) is 2.53. The van der Waals surface area contributed by atoms with Gasteiger partial charge in [0.2, 0.25) is 0 Å². The van der Waals surface area contributed by atoms with Crippen molar-refractivity contribution in [1.82, 2.24) is 14.7 Å². The second-order valence-corrected chi connectivity index (χ2v) is 5.26. The number of aromatic nitrogens is 3. The Balaban J connectivity index is 1.71. The molecule has 4 rings (SSSR count). The molecule has 0 spiro atoms. The molecule has 2 aromatic heterocycles. The molecule has 0 bridgehead atoms. The Bertz CT molecular complexity index is 1010. The molecule has 0 aliphatic heterocycles. The van der Waals surface area contributed by atoms with Gasteiger partial charge in [0.1, 0.15) is 12.1 Å². The lowest BCUT2D eigenvalue weighted by molar-refractivity contribution is -0.274. The predicted molar refractivity (Wildman–Crippen MR) is 83.2 cm³/mol. The van der Waals surface area contributed by atoms with Gasteiger partial charge in [-0.3, -0.25) is 4.57 Å². The molecule has 2 aromatic carbocycles. The molecule has 0 saturated carbocycles. The Labute approximate surface area is 139 Å². The molecule has 0 aliphatic carbocycles. The SMILES string of the molecule is FC(F)(F)Oc1ccc(-c2ccc3onc(-n4ccnc4)c3c2)cc1. The smallest absolute Gasteiger partial charge is 0.406 e. The number of fused-ring (bicyclic) bond motifs is 1. The van der Waals surface area contributed by atoms with Gasteiger partial charge in [0.25, 0.3) is 0 Å². The first kappa shape index (κ1) is 15.3. The Morgan fingerprint density at radius 1 is 1.00 bits per heavy atom. The van der Waals surface area contributed by atoms with Crippen molar-refractivity contribution in [1.29, 1.82) is 0 Å². The number of nitrogens with zero attached hydrogens (tertiary/aromatic N) is 3. The molecular formula is C17H10F3N3O2. The molecule has 0 fully saturated rings. The van der Waals surface area contributed by atoms with Crippen LogP contribution in [-0.2, 0) is 0 Å². The third-order valence-corrected chi connectivity index (χ3v) is 3.62. The maximum Gasteiger partial charge on any atom is 0.573 e. The van der Waals surface area contributed by atoms with Crippen LogP contribution >= 0.6 is 0 Å². The molecule has 4 aromatic rings. The van der Waals surface area contributed by atoms with Gasteiger partial charge in [-0.2, -0.15) is 0 Å². The van der Waals surface area contributed by atoms with Gasteiger partial charge in [-0.15, -0.1) is 13.2 Å². The molecule has 0 unspecified atom stereocenters. The molecule has 126 valence electrons. The topological polar surface area (TPSA) is 53.1 Å². The van der Waals surface area contributed by atoms with E-state index in [1.807, 2.05) is 12.1 Å². The van der Waals surface area contributed by atoms with E-state index >= 15 is 0 Å². The highest BCUT2D eigenvalue weighted by atomic mass is 19.4. The number of ether oxygens (including phenoxy) is 1. The van der Waals surface area contributed by atoms with Crippen LogP contribution in [0.15, 0.2) is 65.7 Å². The van der Waals surface area contributed by atoms with E-state index in [0.29, 0.717) is 11.4 Å². The summed E-state index contributed by atoms with van der Waals surface area (Å²) < 4.78 is 47.6. The summed E-state index contributed by atoms with van der Waals surface area (Å²) in [5, 5.41) is 4.80. The molecule has 5 nitrogen and oxygen atoms in total. The second kappa shape index (κ2) is 5.66. The van der Waals surface area contributed by atoms with Gasteiger partial charge in [-0.25, -0.2) is 4.98 Å². The van der Waals surface area contributed by atoms with Gasteiger partial charge < -0.3 is 9.26 Å². The Kier molecular flexibility index (Phi) is 3.45. The fraction of sp³-hybridized carbons (Fsp3) is 0.0588. The molecule has 0 aliphatic rings. The highest BCUT2D eigenvalue weighted by molar-refractivity contribution is 5.88. The van der Waals surface area contributed by atoms with Crippen LogP contribution in [0.3, 0.4) is 0 Å². The summed E-state index contributed by atoms with van der Waals surface area (Å²) in [7, 11) is 0. The Morgan fingerprint density at radius 2 is 1.76 bits per heavy atom. The molecule has 0 N–H and O–H groups in total. The fourth-order valence-electron chi connectivity index (χ4n) is 2.53. The minimum absolute atomic E-state index is 0.263. The summed E-state index contributed by atoms with van der Waals surface area (Å²) in [4.78, 5) is 3.98. The van der Waals surface area contributed by atoms with Gasteiger partial charge in [0.05, 0.1) is 5.39 Å². The van der Waals surface area contributed by atoms with Gasteiger partial charge in [0, 0.05) is 12.4 Å². The molecule has 8 heteroatoms. The highest BCUT2D eigenvalue weighted by Gasteiger charge is 2.30. The van der Waals surface area contributed by atoms with E-state index in [9.17, 15) is 13.2 Å². The van der Waals surface area contributed by atoms with Crippen molar-refractivity contribution in [3.8, 4) is 22.7 Å². The first-order valence-corrected chi connectivity index (χ1v) is 7.23. The van der Waals surface area contributed by atoms with E-state index in [-0.39, 0.29) is 5.75 Å². The van der Waals surface area contributed by atoms with Crippen molar-refractivity contribution in [2.75, 3.05) is 0 Å². The predicted octanol–water partition coefficient (Wildman–Crippen LogP) is 4.58. The van der Waals surface area contributed by atoms with E-state index in [2.05, 4.69) is 14.9 Å². The molecule has 25 heavy (non-hydrogen) atoms. The number of halogens is 3.